The number of anilines is 1. The molecule has 0 aliphatic heterocycles. The van der Waals surface area contributed by atoms with Crippen molar-refractivity contribution < 1.29 is 14.3 Å². The molecule has 3 rings (SSSR count). The number of nitrogens with zero attached hydrogens (tertiary/aromatic N) is 4. The van der Waals surface area contributed by atoms with Crippen LogP contribution in [0.2, 0.25) is 0 Å². The largest absolute Gasteiger partial charge is 0.448 e. The summed E-state index contributed by atoms with van der Waals surface area (Å²) >= 11 is 0. The highest BCUT2D eigenvalue weighted by Gasteiger charge is 2.24. The molecule has 2 heterocycles. The first kappa shape index (κ1) is 19.0. The molecular formula is C19H19N5O4. The number of hydrogen-bond donors (Lipinski definition) is 1. The second-order valence-electron chi connectivity index (χ2n) is 6.06. The molecule has 0 aliphatic carbocycles. The van der Waals surface area contributed by atoms with E-state index in [4.69, 9.17) is 4.74 Å². The zero-order valence-corrected chi connectivity index (χ0v) is 15.6. The van der Waals surface area contributed by atoms with Gasteiger partial charge in [-0.15, -0.1) is 0 Å². The lowest BCUT2D eigenvalue weighted by molar-refractivity contribution is -0.123. The number of rotatable bonds is 5. The summed E-state index contributed by atoms with van der Waals surface area (Å²) in [6.07, 6.45) is 2.88. The molecule has 1 N–H and O–H groups in total. The Morgan fingerprint density at radius 3 is 2.54 bits per heavy atom. The zero-order chi connectivity index (χ0) is 20.3. The maximum Gasteiger partial charge on any atom is 0.359 e. The van der Waals surface area contributed by atoms with E-state index in [-0.39, 0.29) is 16.9 Å². The third kappa shape index (κ3) is 3.68. The van der Waals surface area contributed by atoms with Crippen LogP contribution in [0.4, 0.5) is 5.69 Å². The number of aromatic nitrogens is 4. The van der Waals surface area contributed by atoms with E-state index in [2.05, 4.69) is 15.3 Å². The fraction of sp³-hybridized carbons (Fsp3) is 0.211. The van der Waals surface area contributed by atoms with Crippen LogP contribution in [-0.2, 0) is 16.6 Å². The molecule has 9 heteroatoms. The maximum absolute atomic E-state index is 12.8. The average molecular weight is 381 g/mol. The normalized spacial score (nSPS) is 11.7. The summed E-state index contributed by atoms with van der Waals surface area (Å²) < 4.78 is 8.19. The van der Waals surface area contributed by atoms with Crippen LogP contribution in [0, 0.1) is 6.92 Å². The second kappa shape index (κ2) is 7.87. The van der Waals surface area contributed by atoms with Gasteiger partial charge in [0.15, 0.2) is 11.8 Å². The lowest BCUT2D eigenvalue weighted by atomic mass is 10.3. The molecule has 0 radical (unpaired) electrons. The lowest BCUT2D eigenvalue weighted by Crippen LogP contribution is -2.32. The Kier molecular flexibility index (Phi) is 5.35. The van der Waals surface area contributed by atoms with Crippen molar-refractivity contribution in [1.29, 1.82) is 0 Å². The van der Waals surface area contributed by atoms with Gasteiger partial charge in [-0.1, -0.05) is 18.2 Å². The van der Waals surface area contributed by atoms with Gasteiger partial charge in [0.05, 0.1) is 17.6 Å². The van der Waals surface area contributed by atoms with E-state index >= 15 is 0 Å². The molecule has 0 unspecified atom stereocenters. The maximum atomic E-state index is 12.8. The third-order valence-electron chi connectivity index (χ3n) is 4.23. The number of benzene rings is 1. The van der Waals surface area contributed by atoms with Gasteiger partial charge in [0.2, 0.25) is 0 Å². The van der Waals surface area contributed by atoms with Gasteiger partial charge < -0.3 is 10.1 Å². The van der Waals surface area contributed by atoms with E-state index in [1.165, 1.54) is 30.2 Å². The van der Waals surface area contributed by atoms with Gasteiger partial charge in [0.1, 0.15) is 5.69 Å². The van der Waals surface area contributed by atoms with Crippen LogP contribution in [0.15, 0.2) is 53.7 Å². The van der Waals surface area contributed by atoms with Crippen molar-refractivity contribution in [2.24, 2.45) is 7.05 Å². The Bertz CT molecular complexity index is 1060. The fourth-order valence-corrected chi connectivity index (χ4v) is 2.62. The minimum atomic E-state index is -1.13. The van der Waals surface area contributed by atoms with Gasteiger partial charge in [-0.3, -0.25) is 19.3 Å². The predicted octanol–water partition coefficient (Wildman–Crippen LogP) is 1.46. The summed E-state index contributed by atoms with van der Waals surface area (Å²) in [5.74, 6) is -1.40. The number of ether oxygens (including phenoxy) is 1. The molecule has 28 heavy (non-hydrogen) atoms. The number of hydrogen-bond acceptors (Lipinski definition) is 6. The van der Waals surface area contributed by atoms with Crippen molar-refractivity contribution in [2.45, 2.75) is 20.0 Å². The summed E-state index contributed by atoms with van der Waals surface area (Å²) in [6, 6.07) is 9.06. The molecule has 1 amide bonds. The highest BCUT2D eigenvalue weighted by Crippen LogP contribution is 2.14. The molecule has 0 saturated heterocycles. The number of para-hydroxylation sites is 1. The van der Waals surface area contributed by atoms with Crippen LogP contribution in [0.3, 0.4) is 0 Å². The average Bonchev–Trinajstić information content (AvgIpc) is 2.92. The SMILES string of the molecule is Cc1c(NC(=O)[C@@H](C)OC(=O)c2cnccn2)c(=O)n(-c2ccccc2)n1C. The van der Waals surface area contributed by atoms with Crippen molar-refractivity contribution in [3.63, 3.8) is 0 Å². The summed E-state index contributed by atoms with van der Waals surface area (Å²) in [5.41, 5.74) is 0.964. The highest BCUT2D eigenvalue weighted by molar-refractivity contribution is 5.97. The van der Waals surface area contributed by atoms with E-state index in [0.717, 1.165) is 0 Å². The Hall–Kier alpha value is -3.75. The summed E-state index contributed by atoms with van der Waals surface area (Å²) in [4.78, 5) is 44.9. The van der Waals surface area contributed by atoms with Crippen molar-refractivity contribution in [3.05, 3.63) is 70.7 Å². The Morgan fingerprint density at radius 1 is 1.18 bits per heavy atom. The molecule has 2 aromatic heterocycles. The molecule has 1 atom stereocenters. The molecule has 0 spiro atoms. The molecule has 9 nitrogen and oxygen atoms in total. The first-order valence-electron chi connectivity index (χ1n) is 8.52. The fourth-order valence-electron chi connectivity index (χ4n) is 2.62. The molecule has 3 aromatic rings. The van der Waals surface area contributed by atoms with E-state index in [1.54, 1.807) is 30.8 Å². The molecule has 0 fully saturated rings. The Morgan fingerprint density at radius 2 is 1.89 bits per heavy atom. The number of esters is 1. The second-order valence-corrected chi connectivity index (χ2v) is 6.06. The quantitative estimate of drug-likeness (QED) is 0.671. The van der Waals surface area contributed by atoms with E-state index in [9.17, 15) is 14.4 Å². The van der Waals surface area contributed by atoms with Gasteiger partial charge in [-0.05, 0) is 26.0 Å². The first-order valence-corrected chi connectivity index (χ1v) is 8.52. The van der Waals surface area contributed by atoms with Crippen LogP contribution in [0.25, 0.3) is 5.69 Å². The topological polar surface area (TPSA) is 108 Å². The minimum absolute atomic E-state index is 0.00975. The number of carbonyl (C=O) groups is 2. The standard InChI is InChI=1S/C19H19N5O4/c1-12-16(18(26)24(23(12)3)14-7-5-4-6-8-14)22-17(25)13(2)28-19(27)15-11-20-9-10-21-15/h4-11,13H,1-3H3,(H,22,25)/t13-/m1/s1. The molecule has 0 saturated carbocycles. The highest BCUT2D eigenvalue weighted by atomic mass is 16.5. The number of nitrogens with one attached hydrogen (secondary N) is 1. The smallest absolute Gasteiger partial charge is 0.359 e. The molecule has 144 valence electrons. The summed E-state index contributed by atoms with van der Waals surface area (Å²) in [6.45, 7) is 3.13. The monoisotopic (exact) mass is 381 g/mol. The summed E-state index contributed by atoms with van der Waals surface area (Å²) in [7, 11) is 1.72. The third-order valence-corrected chi connectivity index (χ3v) is 4.23. The minimum Gasteiger partial charge on any atom is -0.448 e. The van der Waals surface area contributed by atoms with Gasteiger partial charge in [-0.25, -0.2) is 14.5 Å². The van der Waals surface area contributed by atoms with Gasteiger partial charge in [0, 0.05) is 19.4 Å². The van der Waals surface area contributed by atoms with Gasteiger partial charge in [0.25, 0.3) is 11.5 Å². The Labute approximate surface area is 160 Å². The molecular weight excluding hydrogens is 362 g/mol. The van der Waals surface area contributed by atoms with Crippen molar-refractivity contribution in [2.75, 3.05) is 5.32 Å². The molecule has 0 aliphatic rings. The van der Waals surface area contributed by atoms with Crippen LogP contribution < -0.4 is 10.9 Å². The molecule has 1 aromatic carbocycles. The van der Waals surface area contributed by atoms with Crippen molar-refractivity contribution >= 4 is 17.6 Å². The van der Waals surface area contributed by atoms with Crippen LogP contribution in [0.5, 0.6) is 0 Å². The van der Waals surface area contributed by atoms with E-state index in [1.807, 2.05) is 18.2 Å². The zero-order valence-electron chi connectivity index (χ0n) is 15.6. The van der Waals surface area contributed by atoms with E-state index < -0.39 is 18.0 Å². The van der Waals surface area contributed by atoms with Crippen molar-refractivity contribution in [1.82, 2.24) is 19.3 Å². The lowest BCUT2D eigenvalue weighted by Gasteiger charge is -2.12. The Balaban J connectivity index is 1.79. The predicted molar refractivity (Wildman–Crippen MR) is 101 cm³/mol. The van der Waals surface area contributed by atoms with E-state index in [0.29, 0.717) is 11.4 Å². The van der Waals surface area contributed by atoms with Crippen LogP contribution in [0.1, 0.15) is 23.1 Å². The van der Waals surface area contributed by atoms with Crippen LogP contribution >= 0.6 is 0 Å². The van der Waals surface area contributed by atoms with Gasteiger partial charge >= 0.3 is 5.97 Å². The summed E-state index contributed by atoms with van der Waals surface area (Å²) in [5, 5.41) is 2.56. The van der Waals surface area contributed by atoms with Crippen molar-refractivity contribution in [3.8, 4) is 5.69 Å². The first-order chi connectivity index (χ1) is 13.4. The van der Waals surface area contributed by atoms with Crippen LogP contribution in [-0.4, -0.2) is 37.3 Å². The number of carbonyl (C=O) groups excluding carboxylic acids is 2. The molecule has 0 bridgehead atoms. The number of amides is 1. The van der Waals surface area contributed by atoms with Gasteiger partial charge in [-0.2, -0.15) is 0 Å².